The molecule has 5 rings (SSSR count). The quantitative estimate of drug-likeness (QED) is 0.264. The number of amides is 2. The topological polar surface area (TPSA) is 120 Å². The van der Waals surface area contributed by atoms with Gasteiger partial charge in [-0.15, -0.1) is 0 Å². The molecule has 0 spiro atoms. The Morgan fingerprint density at radius 1 is 1.08 bits per heavy atom. The number of allylic oxidation sites excluding steroid dienone is 1. The van der Waals surface area contributed by atoms with Gasteiger partial charge < -0.3 is 24.3 Å². The maximum Gasteiger partial charge on any atom is 0.455 e. The molecule has 4 atom stereocenters. The van der Waals surface area contributed by atoms with Crippen molar-refractivity contribution in [2.75, 3.05) is 13.2 Å². The molecule has 3 heterocycles. The minimum Gasteiger partial charge on any atom is -0.459 e. The van der Waals surface area contributed by atoms with Crippen LogP contribution in [0.5, 0.6) is 0 Å². The Morgan fingerprint density at radius 3 is 2.55 bits per heavy atom. The molecule has 9 heteroatoms. The Bertz CT molecular complexity index is 1240. The summed E-state index contributed by atoms with van der Waals surface area (Å²) < 4.78 is 11.7. The standard InChI is InChI=1S/C29H34BNO7/c1-2-12-31-28(34)23-14-20(16-32)26-24(27(23)29(31)35)15-30(36)38-25(26)11-8-19(18-6-4-3-5-7-18)13-21-9-10-22(17-33)37-21/h3-7,9-10,13,23-25,27,32-33,36H,2,8,11-12,14-17H2,1H3/b19-13-/t23-,24+,25-,27-/m1/s1. The summed E-state index contributed by atoms with van der Waals surface area (Å²) in [6, 6.07) is 13.4. The van der Waals surface area contributed by atoms with Crippen LogP contribution in [0.2, 0.25) is 6.32 Å². The largest absolute Gasteiger partial charge is 0.459 e. The fourth-order valence-corrected chi connectivity index (χ4v) is 6.39. The van der Waals surface area contributed by atoms with E-state index in [1.54, 1.807) is 6.07 Å². The highest BCUT2D eigenvalue weighted by Gasteiger charge is 2.56. The summed E-state index contributed by atoms with van der Waals surface area (Å²) in [4.78, 5) is 27.8. The molecule has 0 saturated carbocycles. The van der Waals surface area contributed by atoms with Crippen LogP contribution in [-0.4, -0.2) is 58.3 Å². The second kappa shape index (κ2) is 11.4. The van der Waals surface area contributed by atoms with Gasteiger partial charge in [-0.2, -0.15) is 0 Å². The number of benzene rings is 1. The zero-order chi connectivity index (χ0) is 26.8. The molecular formula is C29H34BNO7. The van der Waals surface area contributed by atoms with E-state index < -0.39 is 25.1 Å². The molecule has 1 aliphatic carbocycles. The molecule has 0 bridgehead atoms. The molecule has 8 nitrogen and oxygen atoms in total. The van der Waals surface area contributed by atoms with Gasteiger partial charge >= 0.3 is 7.12 Å². The highest BCUT2D eigenvalue weighted by Crippen LogP contribution is 2.50. The fraction of sp³-hybridized carbons (Fsp3) is 0.448. The molecule has 3 N–H and O–H groups in total. The van der Waals surface area contributed by atoms with Crippen LogP contribution in [-0.2, 0) is 20.9 Å². The molecule has 2 fully saturated rings. The van der Waals surface area contributed by atoms with E-state index in [0.29, 0.717) is 43.7 Å². The van der Waals surface area contributed by atoms with Crippen molar-refractivity contribution in [2.45, 2.75) is 51.6 Å². The number of carbonyl (C=O) groups excluding carboxylic acids is 2. The Labute approximate surface area is 222 Å². The summed E-state index contributed by atoms with van der Waals surface area (Å²) in [6.07, 6.45) is 3.79. The lowest BCUT2D eigenvalue weighted by molar-refractivity contribution is -0.140. The molecule has 0 unspecified atom stereocenters. The molecule has 38 heavy (non-hydrogen) atoms. The molecule has 1 aromatic heterocycles. The van der Waals surface area contributed by atoms with E-state index in [2.05, 4.69) is 0 Å². The van der Waals surface area contributed by atoms with Gasteiger partial charge in [-0.3, -0.25) is 14.5 Å². The summed E-state index contributed by atoms with van der Waals surface area (Å²) in [7, 11) is -1.06. The number of aliphatic hydroxyl groups is 2. The number of hydrogen-bond donors (Lipinski definition) is 3. The zero-order valence-corrected chi connectivity index (χ0v) is 21.6. The van der Waals surface area contributed by atoms with Crippen LogP contribution in [0.15, 0.2) is 58.0 Å². The minimum atomic E-state index is -1.06. The summed E-state index contributed by atoms with van der Waals surface area (Å²) >= 11 is 0. The van der Waals surface area contributed by atoms with Crippen molar-refractivity contribution in [3.63, 3.8) is 0 Å². The lowest BCUT2D eigenvalue weighted by atomic mass is 9.58. The van der Waals surface area contributed by atoms with Crippen LogP contribution in [0.1, 0.15) is 49.7 Å². The molecule has 2 aliphatic heterocycles. The van der Waals surface area contributed by atoms with Gasteiger partial charge in [-0.25, -0.2) is 0 Å². The molecule has 0 radical (unpaired) electrons. The van der Waals surface area contributed by atoms with Gasteiger partial charge in [0.1, 0.15) is 18.1 Å². The third kappa shape index (κ3) is 5.03. The van der Waals surface area contributed by atoms with Crippen LogP contribution in [0.3, 0.4) is 0 Å². The molecule has 1 aromatic carbocycles. The number of rotatable bonds is 9. The maximum absolute atomic E-state index is 13.3. The van der Waals surface area contributed by atoms with Crippen molar-refractivity contribution >= 4 is 30.6 Å². The first-order valence-corrected chi connectivity index (χ1v) is 13.4. The van der Waals surface area contributed by atoms with Gasteiger partial charge in [0.2, 0.25) is 11.8 Å². The van der Waals surface area contributed by atoms with Crippen molar-refractivity contribution in [1.29, 1.82) is 0 Å². The summed E-state index contributed by atoms with van der Waals surface area (Å²) in [5, 5.41) is 30.4. The third-order valence-corrected chi connectivity index (χ3v) is 8.01. The van der Waals surface area contributed by atoms with E-state index in [1.807, 2.05) is 49.4 Å². The number of hydrogen-bond acceptors (Lipinski definition) is 7. The lowest BCUT2D eigenvalue weighted by Gasteiger charge is -2.43. The van der Waals surface area contributed by atoms with Crippen LogP contribution >= 0.6 is 0 Å². The number of fused-ring (bicyclic) bond motifs is 3. The van der Waals surface area contributed by atoms with E-state index in [4.69, 9.17) is 9.07 Å². The lowest BCUT2D eigenvalue weighted by Crippen LogP contribution is -2.46. The smallest absolute Gasteiger partial charge is 0.455 e. The first-order chi connectivity index (χ1) is 18.4. The van der Waals surface area contributed by atoms with Crippen LogP contribution in [0, 0.1) is 17.8 Å². The second-order valence-corrected chi connectivity index (χ2v) is 10.3. The van der Waals surface area contributed by atoms with Gasteiger partial charge in [-0.05, 0) is 78.4 Å². The van der Waals surface area contributed by atoms with E-state index in [1.165, 1.54) is 4.90 Å². The highest BCUT2D eigenvalue weighted by molar-refractivity contribution is 6.43. The molecule has 2 saturated heterocycles. The minimum absolute atomic E-state index is 0.167. The normalized spacial score (nSPS) is 25.7. The second-order valence-electron chi connectivity index (χ2n) is 10.3. The summed E-state index contributed by atoms with van der Waals surface area (Å²) in [5.41, 5.74) is 3.61. The number of nitrogens with zero attached hydrogens (tertiary/aromatic N) is 1. The number of carbonyl (C=O) groups is 2. The van der Waals surface area contributed by atoms with Crippen LogP contribution in [0.25, 0.3) is 11.6 Å². The number of imide groups is 1. The Hall–Kier alpha value is -2.98. The van der Waals surface area contributed by atoms with Crippen molar-refractivity contribution in [1.82, 2.24) is 4.90 Å². The van der Waals surface area contributed by atoms with Crippen molar-refractivity contribution in [3.05, 3.63) is 70.7 Å². The summed E-state index contributed by atoms with van der Waals surface area (Å²) in [5.74, 6) is -0.593. The Kier molecular flexibility index (Phi) is 8.00. The maximum atomic E-state index is 13.3. The third-order valence-electron chi connectivity index (χ3n) is 8.01. The monoisotopic (exact) mass is 519 g/mol. The highest BCUT2D eigenvalue weighted by atomic mass is 16.5. The van der Waals surface area contributed by atoms with Crippen molar-refractivity contribution in [3.8, 4) is 0 Å². The first-order valence-electron chi connectivity index (χ1n) is 13.4. The number of likely N-dealkylation sites (tertiary alicyclic amines) is 1. The van der Waals surface area contributed by atoms with Gasteiger partial charge in [-0.1, -0.05) is 37.3 Å². The van der Waals surface area contributed by atoms with Gasteiger partial charge in [0, 0.05) is 6.54 Å². The Balaban J connectivity index is 1.44. The Morgan fingerprint density at radius 2 is 1.87 bits per heavy atom. The average molecular weight is 519 g/mol. The SMILES string of the molecule is CCCN1C(=O)[C@@H]2[C@@H](CC(CO)=C3[C@@H](CC/C(=C/c4ccc(CO)o4)c4ccccc4)OB(O)C[C@@H]32)C1=O. The van der Waals surface area contributed by atoms with E-state index in [-0.39, 0.29) is 37.3 Å². The average Bonchev–Trinajstić information content (AvgIpc) is 3.48. The molecule has 3 aliphatic rings. The van der Waals surface area contributed by atoms with E-state index in [9.17, 15) is 24.8 Å². The number of aliphatic hydroxyl groups excluding tert-OH is 2. The van der Waals surface area contributed by atoms with Gasteiger partial charge in [0.25, 0.3) is 0 Å². The fourth-order valence-electron chi connectivity index (χ4n) is 6.39. The van der Waals surface area contributed by atoms with E-state index in [0.717, 1.165) is 22.3 Å². The molecule has 200 valence electrons. The van der Waals surface area contributed by atoms with E-state index >= 15 is 0 Å². The predicted molar refractivity (Wildman–Crippen MR) is 142 cm³/mol. The van der Waals surface area contributed by atoms with Gasteiger partial charge in [0.15, 0.2) is 0 Å². The molecular weight excluding hydrogens is 485 g/mol. The van der Waals surface area contributed by atoms with Crippen LogP contribution < -0.4 is 0 Å². The zero-order valence-electron chi connectivity index (χ0n) is 21.6. The predicted octanol–water partition coefficient (Wildman–Crippen LogP) is 3.29. The molecule has 2 aromatic rings. The van der Waals surface area contributed by atoms with Crippen molar-refractivity contribution < 1.29 is 33.9 Å². The summed E-state index contributed by atoms with van der Waals surface area (Å²) in [6.45, 7) is 1.93. The van der Waals surface area contributed by atoms with Crippen LogP contribution in [0.4, 0.5) is 0 Å². The van der Waals surface area contributed by atoms with Gasteiger partial charge in [0.05, 0.1) is 24.5 Å². The first kappa shape index (κ1) is 26.6. The number of furan rings is 1. The molecule has 2 amide bonds. The van der Waals surface area contributed by atoms with Crippen molar-refractivity contribution in [2.24, 2.45) is 17.8 Å².